The molecule has 2 heterocycles. The maximum Gasteiger partial charge on any atom is 0.153 e. The molecule has 4 nitrogen and oxygen atoms in total. The van der Waals surface area contributed by atoms with E-state index in [2.05, 4.69) is 0 Å². The minimum absolute atomic E-state index is 0.0439. The number of hydrogen-bond donors (Lipinski definition) is 0. The summed E-state index contributed by atoms with van der Waals surface area (Å²) in [7, 11) is -1.35. The number of fused-ring (bicyclic) bond motifs is 1. The van der Waals surface area contributed by atoms with E-state index >= 15 is 0 Å². The molecule has 2 aliphatic rings. The van der Waals surface area contributed by atoms with Crippen LogP contribution >= 0.6 is 24.0 Å². The van der Waals surface area contributed by atoms with E-state index < -0.39 is 9.84 Å². The first-order valence-electron chi connectivity index (χ1n) is 5.85. The highest BCUT2D eigenvalue weighted by Gasteiger charge is 2.49. The molecule has 2 saturated heterocycles. The average Bonchev–Trinajstić information content (AvgIpc) is 2.79. The third-order valence-corrected chi connectivity index (χ3v) is 6.99. The Hall–Kier alpha value is -0.790. The van der Waals surface area contributed by atoms with Crippen molar-refractivity contribution < 1.29 is 13.2 Å². The quantitative estimate of drug-likeness (QED) is 0.774. The number of rotatable bonds is 2. The Balaban J connectivity index is 2.02. The Morgan fingerprint density at radius 1 is 1.37 bits per heavy atom. The molecule has 0 amide bonds. The SMILES string of the molecule is COc1ccccc1N1C(=S)S[C@@H]2CS(=O)(=O)C[C@H]21. The van der Waals surface area contributed by atoms with Crippen LogP contribution in [-0.2, 0) is 9.84 Å². The van der Waals surface area contributed by atoms with Crippen LogP contribution in [0.15, 0.2) is 24.3 Å². The summed E-state index contributed by atoms with van der Waals surface area (Å²) in [5, 5.41) is 0.0439. The van der Waals surface area contributed by atoms with Crippen LogP contribution in [0.2, 0.25) is 0 Å². The highest BCUT2D eigenvalue weighted by Crippen LogP contribution is 2.43. The lowest BCUT2D eigenvalue weighted by molar-refractivity contribution is 0.415. The van der Waals surface area contributed by atoms with Crippen molar-refractivity contribution in [3.8, 4) is 5.75 Å². The van der Waals surface area contributed by atoms with Crippen LogP contribution in [0.1, 0.15) is 0 Å². The fourth-order valence-corrected chi connectivity index (χ4v) is 6.94. The number of benzene rings is 1. The van der Waals surface area contributed by atoms with E-state index in [1.807, 2.05) is 29.2 Å². The Morgan fingerprint density at radius 2 is 2.11 bits per heavy atom. The van der Waals surface area contributed by atoms with Gasteiger partial charge in [0.15, 0.2) is 9.84 Å². The number of thioether (sulfide) groups is 1. The summed E-state index contributed by atoms with van der Waals surface area (Å²) in [6.07, 6.45) is 0. The van der Waals surface area contributed by atoms with E-state index in [9.17, 15) is 8.42 Å². The predicted molar refractivity (Wildman–Crippen MR) is 81.9 cm³/mol. The van der Waals surface area contributed by atoms with Gasteiger partial charge in [0.1, 0.15) is 10.1 Å². The van der Waals surface area contributed by atoms with Crippen molar-refractivity contribution in [1.29, 1.82) is 0 Å². The standard InChI is InChI=1S/C12H13NO3S3/c1-16-10-5-3-2-4-8(10)13-9-6-19(14,15)7-11(9)18-12(13)17/h2-5,9,11H,6-7H2,1H3/t9-,11-/m1/s1. The molecule has 0 aliphatic carbocycles. The third kappa shape index (κ3) is 2.23. The maximum atomic E-state index is 11.8. The Bertz CT molecular complexity index is 629. The Kier molecular flexibility index (Phi) is 3.23. The monoisotopic (exact) mass is 315 g/mol. The summed E-state index contributed by atoms with van der Waals surface area (Å²) in [5.41, 5.74) is 0.854. The first-order valence-corrected chi connectivity index (χ1v) is 8.96. The van der Waals surface area contributed by atoms with E-state index in [4.69, 9.17) is 17.0 Å². The molecule has 3 rings (SSSR count). The molecule has 2 aliphatic heterocycles. The van der Waals surface area contributed by atoms with Gasteiger partial charge in [-0.15, -0.1) is 0 Å². The van der Waals surface area contributed by atoms with Gasteiger partial charge < -0.3 is 9.64 Å². The van der Waals surface area contributed by atoms with Crippen LogP contribution in [0.4, 0.5) is 5.69 Å². The lowest BCUT2D eigenvalue weighted by Gasteiger charge is -2.25. The van der Waals surface area contributed by atoms with Gasteiger partial charge in [-0.1, -0.05) is 36.1 Å². The second-order valence-electron chi connectivity index (χ2n) is 4.61. The molecule has 0 radical (unpaired) electrons. The second-order valence-corrected chi connectivity index (χ2v) is 8.64. The first kappa shape index (κ1) is 13.2. The van der Waals surface area contributed by atoms with E-state index in [1.165, 1.54) is 11.8 Å². The van der Waals surface area contributed by atoms with Crippen molar-refractivity contribution in [1.82, 2.24) is 0 Å². The molecule has 19 heavy (non-hydrogen) atoms. The van der Waals surface area contributed by atoms with Gasteiger partial charge in [0.25, 0.3) is 0 Å². The molecule has 0 N–H and O–H groups in total. The average molecular weight is 315 g/mol. The van der Waals surface area contributed by atoms with Crippen LogP contribution in [0, 0.1) is 0 Å². The molecule has 0 aromatic heterocycles. The topological polar surface area (TPSA) is 46.6 Å². The number of sulfone groups is 1. The lowest BCUT2D eigenvalue weighted by atomic mass is 10.2. The van der Waals surface area contributed by atoms with Crippen molar-refractivity contribution in [3.05, 3.63) is 24.3 Å². The molecule has 0 spiro atoms. The van der Waals surface area contributed by atoms with Crippen molar-refractivity contribution in [2.45, 2.75) is 11.3 Å². The van der Waals surface area contributed by atoms with Gasteiger partial charge in [0.05, 0.1) is 30.3 Å². The largest absolute Gasteiger partial charge is 0.495 e. The predicted octanol–water partition coefficient (Wildman–Crippen LogP) is 1.70. The van der Waals surface area contributed by atoms with Gasteiger partial charge in [0.2, 0.25) is 0 Å². The molecule has 2 fully saturated rings. The van der Waals surface area contributed by atoms with Crippen molar-refractivity contribution >= 4 is 43.8 Å². The van der Waals surface area contributed by atoms with Crippen molar-refractivity contribution in [3.63, 3.8) is 0 Å². The summed E-state index contributed by atoms with van der Waals surface area (Å²) in [6, 6.07) is 7.50. The molecule has 0 saturated carbocycles. The fourth-order valence-electron chi connectivity index (χ4n) is 2.58. The molecule has 1 aromatic rings. The van der Waals surface area contributed by atoms with E-state index in [1.54, 1.807) is 7.11 Å². The number of ether oxygens (including phenoxy) is 1. The summed E-state index contributed by atoms with van der Waals surface area (Å²) >= 11 is 6.88. The lowest BCUT2D eigenvalue weighted by Crippen LogP contribution is -2.36. The molecule has 7 heteroatoms. The summed E-state index contributed by atoms with van der Waals surface area (Å²) < 4.78 is 29.6. The number of para-hydroxylation sites is 2. The smallest absolute Gasteiger partial charge is 0.153 e. The molecule has 0 bridgehead atoms. The summed E-state index contributed by atoms with van der Waals surface area (Å²) in [5.74, 6) is 1.10. The molecular weight excluding hydrogens is 302 g/mol. The summed E-state index contributed by atoms with van der Waals surface area (Å²) in [4.78, 5) is 1.94. The van der Waals surface area contributed by atoms with Crippen LogP contribution in [0.25, 0.3) is 0 Å². The normalized spacial score (nSPS) is 28.5. The zero-order chi connectivity index (χ0) is 13.6. The van der Waals surface area contributed by atoms with Gasteiger partial charge in [-0.05, 0) is 12.1 Å². The first-order chi connectivity index (χ1) is 9.02. The van der Waals surface area contributed by atoms with E-state index in [0.717, 1.165) is 15.8 Å². The number of methoxy groups -OCH3 is 1. The molecule has 2 atom stereocenters. The van der Waals surface area contributed by atoms with Gasteiger partial charge in [-0.3, -0.25) is 0 Å². The minimum Gasteiger partial charge on any atom is -0.495 e. The highest BCUT2D eigenvalue weighted by atomic mass is 32.2. The van der Waals surface area contributed by atoms with Gasteiger partial charge >= 0.3 is 0 Å². The van der Waals surface area contributed by atoms with Crippen LogP contribution in [0.3, 0.4) is 0 Å². The van der Waals surface area contributed by atoms with E-state index in [-0.39, 0.29) is 22.8 Å². The number of thiocarbonyl (C=S) groups is 1. The number of hydrogen-bond acceptors (Lipinski definition) is 5. The van der Waals surface area contributed by atoms with Gasteiger partial charge in [-0.25, -0.2) is 8.42 Å². The van der Waals surface area contributed by atoms with Crippen LogP contribution in [-0.4, -0.2) is 42.6 Å². The number of anilines is 1. The van der Waals surface area contributed by atoms with Crippen molar-refractivity contribution in [2.75, 3.05) is 23.5 Å². The minimum atomic E-state index is -2.95. The highest BCUT2D eigenvalue weighted by molar-refractivity contribution is 8.24. The summed E-state index contributed by atoms with van der Waals surface area (Å²) in [6.45, 7) is 0. The molecular formula is C12H13NO3S3. The number of nitrogens with zero attached hydrogens (tertiary/aromatic N) is 1. The second kappa shape index (κ2) is 4.64. The Labute approximate surface area is 122 Å². The van der Waals surface area contributed by atoms with Gasteiger partial charge in [0, 0.05) is 5.25 Å². The molecule has 1 aromatic carbocycles. The third-order valence-electron chi connectivity index (χ3n) is 3.40. The van der Waals surface area contributed by atoms with Gasteiger partial charge in [-0.2, -0.15) is 0 Å². The Morgan fingerprint density at radius 3 is 2.84 bits per heavy atom. The molecule has 102 valence electrons. The van der Waals surface area contributed by atoms with Crippen LogP contribution in [0.5, 0.6) is 5.75 Å². The van der Waals surface area contributed by atoms with Crippen LogP contribution < -0.4 is 9.64 Å². The maximum absolute atomic E-state index is 11.8. The fraction of sp³-hybridized carbons (Fsp3) is 0.417. The van der Waals surface area contributed by atoms with Crippen molar-refractivity contribution in [2.24, 2.45) is 0 Å². The van der Waals surface area contributed by atoms with E-state index in [0.29, 0.717) is 0 Å². The molecule has 0 unspecified atom stereocenters. The zero-order valence-corrected chi connectivity index (χ0v) is 12.7. The zero-order valence-electron chi connectivity index (χ0n) is 10.3.